The molecule has 2 N–H and O–H groups in total. The van der Waals surface area contributed by atoms with E-state index in [4.69, 9.17) is 0 Å². The first-order valence-electron chi connectivity index (χ1n) is 9.01. The van der Waals surface area contributed by atoms with Crippen molar-refractivity contribution >= 4 is 16.7 Å². The highest BCUT2D eigenvalue weighted by atomic mass is 16.3. The van der Waals surface area contributed by atoms with Gasteiger partial charge in [0.05, 0.1) is 17.2 Å². The van der Waals surface area contributed by atoms with Crippen LogP contribution >= 0.6 is 0 Å². The summed E-state index contributed by atoms with van der Waals surface area (Å²) in [4.78, 5) is 30.8. The standard InChI is InChI=1S/C20H20N4O3/c25-18(16-7-3-4-10-21-16)13-8-11-24(12-9-13)20(27)17-14-5-1-2-6-15(14)19(26)23-22-17/h1-7,10,13,18,25H,8-9,11-12H2,(H,23,26). The average molecular weight is 364 g/mol. The van der Waals surface area contributed by atoms with E-state index in [-0.39, 0.29) is 23.1 Å². The number of amides is 1. The largest absolute Gasteiger partial charge is 0.387 e. The van der Waals surface area contributed by atoms with Crippen LogP contribution in [0, 0.1) is 5.92 Å². The normalized spacial score (nSPS) is 16.4. The monoisotopic (exact) mass is 364 g/mol. The SMILES string of the molecule is O=C(c1n[nH]c(=O)c2ccccc12)N1CCC(C(O)c2ccccn2)CC1. The highest BCUT2D eigenvalue weighted by Gasteiger charge is 2.30. The summed E-state index contributed by atoms with van der Waals surface area (Å²) in [6.07, 6.45) is 2.41. The minimum Gasteiger partial charge on any atom is -0.387 e. The van der Waals surface area contributed by atoms with Gasteiger partial charge in [-0.3, -0.25) is 14.6 Å². The van der Waals surface area contributed by atoms with E-state index in [0.717, 1.165) is 0 Å². The van der Waals surface area contributed by atoms with Crippen LogP contribution in [-0.2, 0) is 0 Å². The molecule has 0 aliphatic carbocycles. The Kier molecular flexibility index (Phi) is 4.68. The first-order valence-corrected chi connectivity index (χ1v) is 9.01. The number of aliphatic hydroxyl groups excluding tert-OH is 1. The number of nitrogens with one attached hydrogen (secondary N) is 1. The van der Waals surface area contributed by atoms with Gasteiger partial charge in [-0.25, -0.2) is 5.10 Å². The number of fused-ring (bicyclic) bond motifs is 1. The van der Waals surface area contributed by atoms with Crippen molar-refractivity contribution < 1.29 is 9.90 Å². The maximum atomic E-state index is 12.9. The number of aromatic amines is 1. The highest BCUT2D eigenvalue weighted by molar-refractivity contribution is 6.04. The lowest BCUT2D eigenvalue weighted by molar-refractivity contribution is 0.0444. The Balaban J connectivity index is 1.50. The van der Waals surface area contributed by atoms with Crippen molar-refractivity contribution in [1.29, 1.82) is 0 Å². The fourth-order valence-corrected chi connectivity index (χ4v) is 3.64. The molecule has 1 saturated heterocycles. The molecule has 1 atom stereocenters. The molecule has 0 saturated carbocycles. The van der Waals surface area contributed by atoms with Gasteiger partial charge in [0.15, 0.2) is 5.69 Å². The molecule has 1 aliphatic rings. The summed E-state index contributed by atoms with van der Waals surface area (Å²) in [5.74, 6) is -0.141. The third-order valence-corrected chi connectivity index (χ3v) is 5.16. The predicted molar refractivity (Wildman–Crippen MR) is 100 cm³/mol. The molecule has 138 valence electrons. The minimum atomic E-state index is -0.629. The van der Waals surface area contributed by atoms with Gasteiger partial charge in [0, 0.05) is 24.7 Å². The van der Waals surface area contributed by atoms with Gasteiger partial charge in [-0.05, 0) is 37.0 Å². The van der Waals surface area contributed by atoms with Crippen LogP contribution in [0.4, 0.5) is 0 Å². The molecular weight excluding hydrogens is 344 g/mol. The summed E-state index contributed by atoms with van der Waals surface area (Å²) >= 11 is 0. The highest BCUT2D eigenvalue weighted by Crippen LogP contribution is 2.30. The third kappa shape index (κ3) is 3.33. The van der Waals surface area contributed by atoms with Gasteiger partial charge in [0.1, 0.15) is 0 Å². The Morgan fingerprint density at radius 1 is 1.11 bits per heavy atom. The molecule has 27 heavy (non-hydrogen) atoms. The van der Waals surface area contributed by atoms with Crippen molar-refractivity contribution in [3.8, 4) is 0 Å². The van der Waals surface area contributed by atoms with E-state index < -0.39 is 6.10 Å². The number of carbonyl (C=O) groups is 1. The van der Waals surface area contributed by atoms with Crippen LogP contribution in [0.3, 0.4) is 0 Å². The van der Waals surface area contributed by atoms with Gasteiger partial charge < -0.3 is 10.0 Å². The number of nitrogens with zero attached hydrogens (tertiary/aromatic N) is 3. The lowest BCUT2D eigenvalue weighted by Crippen LogP contribution is -2.40. The number of hydrogen-bond donors (Lipinski definition) is 2. The quantitative estimate of drug-likeness (QED) is 0.739. The summed E-state index contributed by atoms with van der Waals surface area (Å²) in [6, 6.07) is 12.5. The molecule has 4 rings (SSSR count). The van der Waals surface area contributed by atoms with E-state index in [1.807, 2.05) is 18.2 Å². The summed E-state index contributed by atoms with van der Waals surface area (Å²) in [5, 5.41) is 18.0. The number of likely N-dealkylation sites (tertiary alicyclic amines) is 1. The maximum absolute atomic E-state index is 12.9. The van der Waals surface area contributed by atoms with Crippen LogP contribution in [0.5, 0.6) is 0 Å². The van der Waals surface area contributed by atoms with Crippen LogP contribution in [-0.4, -0.2) is 44.2 Å². The van der Waals surface area contributed by atoms with Crippen molar-refractivity contribution in [2.45, 2.75) is 18.9 Å². The predicted octanol–water partition coefficient (Wildman–Crippen LogP) is 1.90. The first kappa shape index (κ1) is 17.4. The number of aliphatic hydroxyl groups is 1. The fourth-order valence-electron chi connectivity index (χ4n) is 3.64. The molecule has 3 heterocycles. The van der Waals surface area contributed by atoms with Gasteiger partial charge >= 0.3 is 0 Å². The van der Waals surface area contributed by atoms with E-state index in [2.05, 4.69) is 15.2 Å². The molecule has 0 radical (unpaired) electrons. The summed E-state index contributed by atoms with van der Waals surface area (Å²) < 4.78 is 0. The molecule has 1 amide bonds. The molecule has 2 aromatic heterocycles. The molecular formula is C20H20N4O3. The van der Waals surface area contributed by atoms with Crippen molar-refractivity contribution in [2.75, 3.05) is 13.1 Å². The Hall–Kier alpha value is -3.06. The van der Waals surface area contributed by atoms with Gasteiger partial charge in [-0.15, -0.1) is 0 Å². The van der Waals surface area contributed by atoms with Crippen LogP contribution < -0.4 is 5.56 Å². The number of aromatic nitrogens is 3. The van der Waals surface area contributed by atoms with Crippen LogP contribution in [0.2, 0.25) is 0 Å². The maximum Gasteiger partial charge on any atom is 0.274 e. The van der Waals surface area contributed by atoms with E-state index >= 15 is 0 Å². The van der Waals surface area contributed by atoms with Crippen molar-refractivity contribution in [1.82, 2.24) is 20.1 Å². The first-order chi connectivity index (χ1) is 13.1. The zero-order valence-electron chi connectivity index (χ0n) is 14.7. The molecule has 1 fully saturated rings. The zero-order valence-corrected chi connectivity index (χ0v) is 14.7. The van der Waals surface area contributed by atoms with Crippen molar-refractivity contribution in [2.24, 2.45) is 5.92 Å². The molecule has 3 aromatic rings. The van der Waals surface area contributed by atoms with E-state index in [1.165, 1.54) is 0 Å². The number of rotatable bonds is 3. The van der Waals surface area contributed by atoms with Crippen LogP contribution in [0.25, 0.3) is 10.8 Å². The smallest absolute Gasteiger partial charge is 0.274 e. The number of carbonyl (C=O) groups excluding carboxylic acids is 1. The Morgan fingerprint density at radius 2 is 1.81 bits per heavy atom. The van der Waals surface area contributed by atoms with E-state index in [9.17, 15) is 14.7 Å². The molecule has 7 nitrogen and oxygen atoms in total. The number of piperidine rings is 1. The molecule has 1 unspecified atom stereocenters. The number of pyridine rings is 1. The molecule has 0 bridgehead atoms. The summed E-state index contributed by atoms with van der Waals surface area (Å²) in [7, 11) is 0. The van der Waals surface area contributed by atoms with E-state index in [0.29, 0.717) is 42.4 Å². The van der Waals surface area contributed by atoms with Gasteiger partial charge in [-0.2, -0.15) is 5.10 Å². The average Bonchev–Trinajstić information content (AvgIpc) is 2.74. The molecule has 0 spiro atoms. The second-order valence-electron chi connectivity index (χ2n) is 6.78. The van der Waals surface area contributed by atoms with Crippen molar-refractivity contribution in [3.05, 3.63) is 70.4 Å². The minimum absolute atomic E-state index is 0.0595. The number of benzene rings is 1. The summed E-state index contributed by atoms with van der Waals surface area (Å²) in [6.45, 7) is 1.06. The van der Waals surface area contributed by atoms with Crippen LogP contribution in [0.1, 0.15) is 35.1 Å². The Labute approximate surface area is 155 Å². The van der Waals surface area contributed by atoms with Gasteiger partial charge in [0.25, 0.3) is 11.5 Å². The Morgan fingerprint density at radius 3 is 2.52 bits per heavy atom. The van der Waals surface area contributed by atoms with E-state index in [1.54, 1.807) is 35.4 Å². The Bertz CT molecular complexity index is 1010. The molecule has 1 aliphatic heterocycles. The number of H-pyrrole nitrogens is 1. The third-order valence-electron chi connectivity index (χ3n) is 5.16. The lowest BCUT2D eigenvalue weighted by atomic mass is 9.89. The number of hydrogen-bond acceptors (Lipinski definition) is 5. The zero-order chi connectivity index (χ0) is 18.8. The van der Waals surface area contributed by atoms with Crippen molar-refractivity contribution in [3.63, 3.8) is 0 Å². The van der Waals surface area contributed by atoms with Crippen LogP contribution in [0.15, 0.2) is 53.5 Å². The second kappa shape index (κ2) is 7.28. The summed E-state index contributed by atoms with van der Waals surface area (Å²) in [5.41, 5.74) is 0.615. The molecule has 7 heteroatoms. The topological polar surface area (TPSA) is 99.2 Å². The van der Waals surface area contributed by atoms with Gasteiger partial charge in [-0.1, -0.05) is 24.3 Å². The van der Waals surface area contributed by atoms with Gasteiger partial charge in [0.2, 0.25) is 0 Å². The second-order valence-corrected chi connectivity index (χ2v) is 6.78. The lowest BCUT2D eigenvalue weighted by Gasteiger charge is -2.34. The fraction of sp³-hybridized carbons (Fsp3) is 0.300. The molecule has 1 aromatic carbocycles.